The summed E-state index contributed by atoms with van der Waals surface area (Å²) < 4.78 is 0. The summed E-state index contributed by atoms with van der Waals surface area (Å²) in [5.41, 5.74) is 0. The Morgan fingerprint density at radius 1 is 1.41 bits per heavy atom. The van der Waals surface area contributed by atoms with E-state index in [2.05, 4.69) is 20.7 Å². The van der Waals surface area contributed by atoms with Gasteiger partial charge in [-0.2, -0.15) is 4.80 Å². The third kappa shape index (κ3) is 2.45. The molecule has 0 aromatic carbocycles. The molecule has 0 spiro atoms. The Balaban J connectivity index is 2.11. The van der Waals surface area contributed by atoms with Crippen molar-refractivity contribution in [3.8, 4) is 0 Å². The molecule has 2 N–H and O–H groups in total. The van der Waals surface area contributed by atoms with Crippen LogP contribution in [0.1, 0.15) is 19.3 Å². The van der Waals surface area contributed by atoms with E-state index < -0.39 is 11.9 Å². The summed E-state index contributed by atoms with van der Waals surface area (Å²) in [5, 5.41) is 22.0. The Morgan fingerprint density at radius 2 is 2.12 bits per heavy atom. The van der Waals surface area contributed by atoms with Crippen LogP contribution in [-0.2, 0) is 7.05 Å². The van der Waals surface area contributed by atoms with E-state index in [1.807, 2.05) is 0 Å². The molecule has 2 aromatic heterocycles. The Hall–Kier alpha value is -2.29. The van der Waals surface area contributed by atoms with Crippen molar-refractivity contribution >= 4 is 29.2 Å². The van der Waals surface area contributed by atoms with Crippen LogP contribution in [0.2, 0.25) is 0 Å². The molecule has 0 aliphatic heterocycles. The number of carboxylic acids is 1. The van der Waals surface area contributed by atoms with E-state index in [1.165, 1.54) is 16.9 Å². The van der Waals surface area contributed by atoms with E-state index in [1.54, 1.807) is 7.05 Å². The summed E-state index contributed by atoms with van der Waals surface area (Å²) >= 11 is 0.881. The van der Waals surface area contributed by atoms with Crippen LogP contribution in [0.3, 0.4) is 0 Å². The fourth-order valence-electron chi connectivity index (χ4n) is 1.07. The van der Waals surface area contributed by atoms with Gasteiger partial charge in [0.15, 0.2) is 0 Å². The van der Waals surface area contributed by atoms with E-state index in [-0.39, 0.29) is 15.7 Å². The van der Waals surface area contributed by atoms with Crippen molar-refractivity contribution in [2.24, 2.45) is 7.05 Å². The van der Waals surface area contributed by atoms with Crippen molar-refractivity contribution in [1.29, 1.82) is 0 Å². The van der Waals surface area contributed by atoms with Crippen LogP contribution in [-0.4, -0.2) is 37.2 Å². The molecule has 1 amide bonds. The first-order valence-electron chi connectivity index (χ1n) is 4.45. The lowest BCUT2D eigenvalue weighted by molar-refractivity contribution is 0.0702. The van der Waals surface area contributed by atoms with E-state index in [4.69, 9.17) is 5.11 Å². The van der Waals surface area contributed by atoms with Gasteiger partial charge in [-0.1, -0.05) is 5.10 Å². The molecule has 0 atom stereocenters. The number of nitrogens with zero attached hydrogens (tertiary/aromatic N) is 4. The number of aromatic carboxylic acids is 1. The van der Waals surface area contributed by atoms with Gasteiger partial charge in [-0.15, -0.1) is 16.4 Å². The molecule has 0 unspecified atom stereocenters. The number of anilines is 1. The first-order chi connectivity index (χ1) is 8.06. The molecule has 17 heavy (non-hydrogen) atoms. The Morgan fingerprint density at radius 3 is 2.65 bits per heavy atom. The normalized spacial score (nSPS) is 10.2. The minimum Gasteiger partial charge on any atom is -0.477 e. The van der Waals surface area contributed by atoms with Crippen molar-refractivity contribution in [2.45, 2.75) is 0 Å². The largest absolute Gasteiger partial charge is 0.477 e. The van der Waals surface area contributed by atoms with Gasteiger partial charge in [0.25, 0.3) is 11.9 Å². The van der Waals surface area contributed by atoms with Crippen molar-refractivity contribution in [1.82, 2.24) is 20.2 Å². The number of thiophene rings is 1. The maximum atomic E-state index is 11.6. The predicted octanol–water partition coefficient (Wildman–Crippen LogP) is 0.222. The smallest absolute Gasteiger partial charge is 0.345 e. The van der Waals surface area contributed by atoms with Gasteiger partial charge >= 0.3 is 5.97 Å². The van der Waals surface area contributed by atoms with Gasteiger partial charge in [-0.05, 0) is 17.3 Å². The van der Waals surface area contributed by atoms with Crippen molar-refractivity contribution in [3.63, 3.8) is 0 Å². The van der Waals surface area contributed by atoms with E-state index >= 15 is 0 Å². The molecule has 88 valence electrons. The first-order valence-corrected chi connectivity index (χ1v) is 5.26. The summed E-state index contributed by atoms with van der Waals surface area (Å²) in [6.45, 7) is 0. The van der Waals surface area contributed by atoms with Gasteiger partial charge in [0, 0.05) is 0 Å². The molecule has 0 aliphatic carbocycles. The summed E-state index contributed by atoms with van der Waals surface area (Å²) in [6, 6.07) is 2.80. The van der Waals surface area contributed by atoms with Crippen molar-refractivity contribution in [3.05, 3.63) is 21.9 Å². The van der Waals surface area contributed by atoms with E-state index in [0.717, 1.165) is 11.3 Å². The van der Waals surface area contributed by atoms with Crippen LogP contribution < -0.4 is 5.32 Å². The highest BCUT2D eigenvalue weighted by Gasteiger charge is 2.14. The molecule has 0 bridgehead atoms. The zero-order chi connectivity index (χ0) is 12.4. The second kappa shape index (κ2) is 4.29. The number of amides is 1. The predicted molar refractivity (Wildman–Crippen MR) is 58.0 cm³/mol. The number of hydrogen-bond donors (Lipinski definition) is 2. The molecular formula is C8H7N5O3S. The van der Waals surface area contributed by atoms with Gasteiger partial charge in [0.2, 0.25) is 0 Å². The van der Waals surface area contributed by atoms with Crippen molar-refractivity contribution in [2.75, 3.05) is 5.32 Å². The number of aryl methyl sites for hydroxylation is 1. The van der Waals surface area contributed by atoms with Gasteiger partial charge in [0.1, 0.15) is 4.88 Å². The highest BCUT2D eigenvalue weighted by Crippen LogP contribution is 2.17. The maximum Gasteiger partial charge on any atom is 0.345 e. The monoisotopic (exact) mass is 253 g/mol. The van der Waals surface area contributed by atoms with Crippen LogP contribution in [0.15, 0.2) is 12.1 Å². The SMILES string of the molecule is Cn1nnc(NC(=O)c2ccc(C(=O)O)s2)n1. The molecule has 2 rings (SSSR count). The molecule has 0 saturated carbocycles. The second-order valence-corrected chi connectivity index (χ2v) is 4.11. The average molecular weight is 253 g/mol. The van der Waals surface area contributed by atoms with Gasteiger partial charge in [0.05, 0.1) is 11.9 Å². The van der Waals surface area contributed by atoms with Crippen LogP contribution >= 0.6 is 11.3 Å². The van der Waals surface area contributed by atoms with Crippen LogP contribution in [0.4, 0.5) is 5.95 Å². The number of carbonyl (C=O) groups excluding carboxylic acids is 1. The quantitative estimate of drug-likeness (QED) is 0.809. The fraction of sp³-hybridized carbons (Fsp3) is 0.125. The standard InChI is InChI=1S/C8H7N5O3S/c1-13-11-8(10-12-13)9-6(14)4-2-3-5(17-4)7(15)16/h2-3H,1H3,(H,15,16)(H,9,11,14). The maximum absolute atomic E-state index is 11.6. The number of carbonyl (C=O) groups is 2. The van der Waals surface area contributed by atoms with E-state index in [9.17, 15) is 9.59 Å². The van der Waals surface area contributed by atoms with Gasteiger partial charge in [-0.25, -0.2) is 4.79 Å². The number of hydrogen-bond acceptors (Lipinski definition) is 6. The number of nitrogens with one attached hydrogen (secondary N) is 1. The molecule has 0 aliphatic rings. The molecule has 0 fully saturated rings. The summed E-state index contributed by atoms with van der Waals surface area (Å²) in [6.07, 6.45) is 0. The molecule has 9 heteroatoms. The second-order valence-electron chi connectivity index (χ2n) is 3.03. The highest BCUT2D eigenvalue weighted by atomic mass is 32.1. The Kier molecular flexibility index (Phi) is 2.83. The topological polar surface area (TPSA) is 110 Å². The van der Waals surface area contributed by atoms with Gasteiger partial charge in [-0.3, -0.25) is 10.1 Å². The minimum absolute atomic E-state index is 0.0720. The number of aromatic nitrogens is 4. The molecule has 2 heterocycles. The minimum atomic E-state index is -1.06. The number of carboxylic acid groups (broad SMARTS) is 1. The lowest BCUT2D eigenvalue weighted by Crippen LogP contribution is -2.11. The number of tetrazole rings is 1. The molecular weight excluding hydrogens is 246 g/mol. The fourth-order valence-corrected chi connectivity index (χ4v) is 1.81. The summed E-state index contributed by atoms with van der Waals surface area (Å²) in [7, 11) is 1.57. The van der Waals surface area contributed by atoms with E-state index in [0.29, 0.717) is 0 Å². The Bertz CT molecular complexity index is 575. The highest BCUT2D eigenvalue weighted by molar-refractivity contribution is 7.15. The van der Waals surface area contributed by atoms with Crippen LogP contribution in [0, 0.1) is 0 Å². The molecule has 0 radical (unpaired) electrons. The van der Waals surface area contributed by atoms with Crippen LogP contribution in [0.25, 0.3) is 0 Å². The lowest BCUT2D eigenvalue weighted by Gasteiger charge is -1.95. The molecule has 2 aromatic rings. The summed E-state index contributed by atoms with van der Waals surface area (Å²) in [4.78, 5) is 23.9. The average Bonchev–Trinajstić information content (AvgIpc) is 2.86. The zero-order valence-corrected chi connectivity index (χ0v) is 9.43. The van der Waals surface area contributed by atoms with Gasteiger partial charge < -0.3 is 5.11 Å². The summed E-state index contributed by atoms with van der Waals surface area (Å²) in [5.74, 6) is -1.45. The molecule has 0 saturated heterocycles. The Labute approximate surface area is 98.9 Å². The lowest BCUT2D eigenvalue weighted by atomic mass is 10.4. The van der Waals surface area contributed by atoms with Crippen molar-refractivity contribution < 1.29 is 14.7 Å². The first kappa shape index (κ1) is 11.2. The van der Waals surface area contributed by atoms with Crippen LogP contribution in [0.5, 0.6) is 0 Å². The third-order valence-corrected chi connectivity index (χ3v) is 2.85. The third-order valence-electron chi connectivity index (χ3n) is 1.77. The zero-order valence-electron chi connectivity index (χ0n) is 8.62. The number of rotatable bonds is 3. The molecule has 8 nitrogen and oxygen atoms in total.